The molecule has 1 aromatic carbocycles. The summed E-state index contributed by atoms with van der Waals surface area (Å²) in [4.78, 5) is 16.1. The summed E-state index contributed by atoms with van der Waals surface area (Å²) in [6.45, 7) is 4.40. The molecule has 0 unspecified atom stereocenters. The second-order valence-corrected chi connectivity index (χ2v) is 7.57. The Bertz CT molecular complexity index is 975. The number of halogens is 1. The van der Waals surface area contributed by atoms with Crippen molar-refractivity contribution in [1.82, 2.24) is 19.7 Å². The molecule has 0 bridgehead atoms. The number of anilines is 1. The van der Waals surface area contributed by atoms with E-state index >= 15 is 0 Å². The number of thioether (sulfide) groups is 1. The number of pyridine rings is 1. The van der Waals surface area contributed by atoms with Gasteiger partial charge in [-0.1, -0.05) is 29.4 Å². The highest BCUT2D eigenvalue weighted by molar-refractivity contribution is 7.99. The number of benzene rings is 1. The third kappa shape index (κ3) is 5.24. The number of carbonyl (C=O) groups is 1. The molecule has 3 rings (SSSR count). The van der Waals surface area contributed by atoms with Crippen LogP contribution in [-0.4, -0.2) is 31.4 Å². The van der Waals surface area contributed by atoms with Gasteiger partial charge in [-0.25, -0.2) is 4.98 Å². The second-order valence-electron chi connectivity index (χ2n) is 6.19. The van der Waals surface area contributed by atoms with Gasteiger partial charge in [0, 0.05) is 13.2 Å². The average molecular weight is 418 g/mol. The Balaban J connectivity index is 1.53. The molecule has 1 amide bonds. The van der Waals surface area contributed by atoms with Gasteiger partial charge in [0.05, 0.1) is 10.8 Å². The maximum absolute atomic E-state index is 12.1. The Kier molecular flexibility index (Phi) is 6.53. The molecule has 0 spiro atoms. The van der Waals surface area contributed by atoms with Crippen LogP contribution in [-0.2, 0) is 18.4 Å². The molecular weight excluding hydrogens is 398 g/mol. The van der Waals surface area contributed by atoms with E-state index in [-0.39, 0.29) is 11.7 Å². The second kappa shape index (κ2) is 9.07. The van der Waals surface area contributed by atoms with Crippen LogP contribution in [0, 0.1) is 13.8 Å². The minimum Gasteiger partial charge on any atom is -0.486 e. The van der Waals surface area contributed by atoms with E-state index in [4.69, 9.17) is 16.3 Å². The molecule has 0 aliphatic rings. The molecule has 9 heteroatoms. The molecule has 146 valence electrons. The molecule has 0 saturated carbocycles. The highest BCUT2D eigenvalue weighted by Crippen LogP contribution is 2.20. The van der Waals surface area contributed by atoms with E-state index in [0.717, 1.165) is 5.75 Å². The van der Waals surface area contributed by atoms with E-state index in [1.807, 2.05) is 36.7 Å². The maximum atomic E-state index is 12.1. The monoisotopic (exact) mass is 417 g/mol. The SMILES string of the molecule is Cc1ccc(OCc2nnc(SCC(=O)Nc3ccc(Cl)cn3)n2C)cc1C. The molecular formula is C19H20ClN5O2S. The molecule has 0 fully saturated rings. The lowest BCUT2D eigenvalue weighted by molar-refractivity contribution is -0.113. The topological polar surface area (TPSA) is 81.9 Å². The quantitative estimate of drug-likeness (QED) is 0.589. The lowest BCUT2D eigenvalue weighted by atomic mass is 10.1. The number of aromatic nitrogens is 4. The van der Waals surface area contributed by atoms with Gasteiger partial charge in [-0.05, 0) is 49.2 Å². The minimum atomic E-state index is -0.184. The van der Waals surface area contributed by atoms with E-state index in [1.54, 1.807) is 12.1 Å². The minimum absolute atomic E-state index is 0.184. The lowest BCUT2D eigenvalue weighted by Gasteiger charge is -2.08. The average Bonchev–Trinajstić information content (AvgIpc) is 3.03. The Morgan fingerprint density at radius 3 is 2.75 bits per heavy atom. The van der Waals surface area contributed by atoms with Gasteiger partial charge in [0.2, 0.25) is 5.91 Å². The van der Waals surface area contributed by atoms with E-state index in [9.17, 15) is 4.79 Å². The van der Waals surface area contributed by atoms with Gasteiger partial charge >= 0.3 is 0 Å². The number of nitrogens with zero attached hydrogens (tertiary/aromatic N) is 4. The van der Waals surface area contributed by atoms with Crippen LogP contribution in [0.5, 0.6) is 5.75 Å². The van der Waals surface area contributed by atoms with E-state index in [0.29, 0.717) is 28.4 Å². The van der Waals surface area contributed by atoms with Gasteiger partial charge in [-0.2, -0.15) is 0 Å². The number of amides is 1. The first-order chi connectivity index (χ1) is 13.4. The summed E-state index contributed by atoms with van der Waals surface area (Å²) >= 11 is 7.07. The Labute approximate surface area is 172 Å². The highest BCUT2D eigenvalue weighted by Gasteiger charge is 2.12. The first-order valence-electron chi connectivity index (χ1n) is 8.55. The number of nitrogens with one attached hydrogen (secondary N) is 1. The van der Waals surface area contributed by atoms with Gasteiger partial charge in [-0.15, -0.1) is 10.2 Å². The fraction of sp³-hybridized carbons (Fsp3) is 0.263. The molecule has 2 aromatic heterocycles. The maximum Gasteiger partial charge on any atom is 0.236 e. The predicted octanol–water partition coefficient (Wildman–Crippen LogP) is 3.79. The van der Waals surface area contributed by atoms with Crippen molar-refractivity contribution in [2.24, 2.45) is 7.05 Å². The number of hydrogen-bond donors (Lipinski definition) is 1. The molecule has 0 atom stereocenters. The van der Waals surface area contributed by atoms with Crippen LogP contribution in [0.2, 0.25) is 5.02 Å². The molecule has 1 N–H and O–H groups in total. The first kappa shape index (κ1) is 20.2. The smallest absolute Gasteiger partial charge is 0.236 e. The number of aryl methyl sites for hydroxylation is 2. The normalized spacial score (nSPS) is 10.7. The lowest BCUT2D eigenvalue weighted by Crippen LogP contribution is -2.15. The molecule has 0 aliphatic carbocycles. The van der Waals surface area contributed by atoms with E-state index in [2.05, 4.69) is 27.4 Å². The van der Waals surface area contributed by atoms with Crippen molar-refractivity contribution >= 4 is 35.1 Å². The Hall–Kier alpha value is -2.58. The van der Waals surface area contributed by atoms with Crippen molar-refractivity contribution in [2.75, 3.05) is 11.1 Å². The van der Waals surface area contributed by atoms with Gasteiger partial charge in [0.15, 0.2) is 11.0 Å². The van der Waals surface area contributed by atoms with Crippen LogP contribution in [0.1, 0.15) is 17.0 Å². The summed E-state index contributed by atoms with van der Waals surface area (Å²) in [5, 5.41) is 12.1. The Morgan fingerprint density at radius 2 is 2.04 bits per heavy atom. The van der Waals surface area contributed by atoms with E-state index < -0.39 is 0 Å². The third-order valence-electron chi connectivity index (χ3n) is 4.10. The van der Waals surface area contributed by atoms with Crippen LogP contribution in [0.4, 0.5) is 5.82 Å². The van der Waals surface area contributed by atoms with Gasteiger partial charge < -0.3 is 14.6 Å². The predicted molar refractivity (Wildman–Crippen MR) is 110 cm³/mol. The van der Waals surface area contributed by atoms with Crippen molar-refractivity contribution in [3.05, 3.63) is 58.5 Å². The number of ether oxygens (including phenoxy) is 1. The van der Waals surface area contributed by atoms with Crippen LogP contribution >= 0.6 is 23.4 Å². The fourth-order valence-corrected chi connectivity index (χ4v) is 3.15. The van der Waals surface area contributed by atoms with Crippen molar-refractivity contribution in [3.8, 4) is 5.75 Å². The van der Waals surface area contributed by atoms with Crippen molar-refractivity contribution < 1.29 is 9.53 Å². The highest BCUT2D eigenvalue weighted by atomic mass is 35.5. The van der Waals surface area contributed by atoms with Gasteiger partial charge in [-0.3, -0.25) is 4.79 Å². The van der Waals surface area contributed by atoms with Gasteiger partial charge in [0.1, 0.15) is 18.2 Å². The van der Waals surface area contributed by atoms with Crippen LogP contribution < -0.4 is 10.1 Å². The zero-order valence-corrected chi connectivity index (χ0v) is 17.3. The van der Waals surface area contributed by atoms with Crippen molar-refractivity contribution in [3.63, 3.8) is 0 Å². The molecule has 0 radical (unpaired) electrons. The molecule has 0 aliphatic heterocycles. The molecule has 2 heterocycles. The summed E-state index contributed by atoms with van der Waals surface area (Å²) in [7, 11) is 1.85. The zero-order valence-electron chi connectivity index (χ0n) is 15.8. The Morgan fingerprint density at radius 1 is 1.21 bits per heavy atom. The molecule has 3 aromatic rings. The number of hydrogen-bond acceptors (Lipinski definition) is 6. The number of carbonyl (C=O) groups excluding carboxylic acids is 1. The van der Waals surface area contributed by atoms with E-state index in [1.165, 1.54) is 29.1 Å². The van der Waals surface area contributed by atoms with Gasteiger partial charge in [0.25, 0.3) is 0 Å². The summed E-state index contributed by atoms with van der Waals surface area (Å²) in [5.74, 6) is 1.93. The zero-order chi connectivity index (χ0) is 20.1. The fourth-order valence-electron chi connectivity index (χ4n) is 2.31. The summed E-state index contributed by atoms with van der Waals surface area (Å²) < 4.78 is 7.62. The standard InChI is InChI=1S/C19H20ClN5O2S/c1-12-4-6-15(8-13(12)2)27-10-17-23-24-19(25(17)3)28-11-18(26)22-16-7-5-14(20)9-21-16/h4-9H,10-11H2,1-3H3,(H,21,22,26). The first-order valence-corrected chi connectivity index (χ1v) is 9.91. The van der Waals surface area contributed by atoms with Crippen LogP contribution in [0.3, 0.4) is 0 Å². The number of rotatable bonds is 7. The molecule has 0 saturated heterocycles. The third-order valence-corrected chi connectivity index (χ3v) is 5.34. The van der Waals surface area contributed by atoms with Crippen molar-refractivity contribution in [1.29, 1.82) is 0 Å². The molecule has 28 heavy (non-hydrogen) atoms. The van der Waals surface area contributed by atoms with Crippen LogP contribution in [0.25, 0.3) is 0 Å². The summed E-state index contributed by atoms with van der Waals surface area (Å²) in [6, 6.07) is 9.27. The summed E-state index contributed by atoms with van der Waals surface area (Å²) in [5.41, 5.74) is 2.39. The van der Waals surface area contributed by atoms with Crippen LogP contribution in [0.15, 0.2) is 41.7 Å². The largest absolute Gasteiger partial charge is 0.486 e. The molecule has 7 nitrogen and oxygen atoms in total. The van der Waals surface area contributed by atoms with Crippen molar-refractivity contribution in [2.45, 2.75) is 25.6 Å². The summed E-state index contributed by atoms with van der Waals surface area (Å²) in [6.07, 6.45) is 1.48.